The summed E-state index contributed by atoms with van der Waals surface area (Å²) in [5.74, 6) is -0.473. The highest BCUT2D eigenvalue weighted by molar-refractivity contribution is 5.88. The first-order valence-corrected chi connectivity index (χ1v) is 6.15. The maximum atomic E-state index is 10.9. The second kappa shape index (κ2) is 5.14. The molecule has 1 heterocycles. The second-order valence-corrected chi connectivity index (χ2v) is 6.54. The zero-order chi connectivity index (χ0) is 14.0. The third-order valence-electron chi connectivity index (χ3n) is 2.68. The molecule has 1 aromatic rings. The molecule has 0 fully saturated rings. The quantitative estimate of drug-likeness (QED) is 0.845. The molecule has 18 heavy (non-hydrogen) atoms. The van der Waals surface area contributed by atoms with Gasteiger partial charge in [0.25, 0.3) is 0 Å². The molecular formula is C14H23NO3. The fourth-order valence-corrected chi connectivity index (χ4v) is 2.38. The van der Waals surface area contributed by atoms with E-state index in [2.05, 4.69) is 39.9 Å². The van der Waals surface area contributed by atoms with Crippen LogP contribution in [0.1, 0.15) is 57.2 Å². The second-order valence-electron chi connectivity index (χ2n) is 6.54. The Hall–Kier alpha value is -1.29. The summed E-state index contributed by atoms with van der Waals surface area (Å²) in [5, 5.41) is 12.3. The minimum Gasteiger partial charge on any atom is -0.478 e. The van der Waals surface area contributed by atoms with Gasteiger partial charge >= 0.3 is 5.97 Å². The van der Waals surface area contributed by atoms with E-state index in [1.54, 1.807) is 0 Å². The van der Waals surface area contributed by atoms with Gasteiger partial charge in [0.15, 0.2) is 0 Å². The molecule has 0 saturated carbocycles. The van der Waals surface area contributed by atoms with Crippen LogP contribution in [0.4, 0.5) is 0 Å². The number of nitrogens with one attached hydrogen (secondary N) is 1. The first kappa shape index (κ1) is 14.8. The van der Waals surface area contributed by atoms with Crippen molar-refractivity contribution in [1.82, 2.24) is 5.32 Å². The highest BCUT2D eigenvalue weighted by atomic mass is 16.4. The fraction of sp³-hybridized carbons (Fsp3) is 0.643. The number of aromatic carboxylic acids is 1. The van der Waals surface area contributed by atoms with E-state index in [-0.39, 0.29) is 16.5 Å². The van der Waals surface area contributed by atoms with Crippen LogP contribution < -0.4 is 5.32 Å². The number of hydrogen-bond acceptors (Lipinski definition) is 3. The van der Waals surface area contributed by atoms with Crippen molar-refractivity contribution in [1.29, 1.82) is 0 Å². The van der Waals surface area contributed by atoms with Gasteiger partial charge in [-0.25, -0.2) is 4.79 Å². The Labute approximate surface area is 108 Å². The molecule has 0 aliphatic carbocycles. The first-order chi connectivity index (χ1) is 8.11. The lowest BCUT2D eigenvalue weighted by Gasteiger charge is -2.33. The molecular weight excluding hydrogens is 230 g/mol. The summed E-state index contributed by atoms with van der Waals surface area (Å²) >= 11 is 0. The third kappa shape index (κ3) is 4.53. The molecule has 0 amide bonds. The number of carboxylic acid groups (broad SMARTS) is 1. The zero-order valence-electron chi connectivity index (χ0n) is 11.8. The van der Waals surface area contributed by atoms with E-state index in [4.69, 9.17) is 9.52 Å². The van der Waals surface area contributed by atoms with Crippen LogP contribution in [0.25, 0.3) is 0 Å². The molecule has 102 valence electrons. The van der Waals surface area contributed by atoms with E-state index in [0.717, 1.165) is 6.42 Å². The van der Waals surface area contributed by atoms with E-state index in [1.807, 2.05) is 0 Å². The normalized spacial score (nSPS) is 12.7. The Morgan fingerprint density at radius 3 is 2.44 bits per heavy atom. The minimum atomic E-state index is -0.950. The summed E-state index contributed by atoms with van der Waals surface area (Å²) < 4.78 is 5.21. The molecule has 0 unspecified atom stereocenters. The standard InChI is InChI=1S/C14H23NO3/c1-13(2,3)9-14(4,5)15-8-11-10(12(16)17)6-7-18-11/h6-7,15H,8-9H2,1-5H3,(H,16,17). The van der Waals surface area contributed by atoms with Crippen molar-refractivity contribution in [3.05, 3.63) is 23.7 Å². The van der Waals surface area contributed by atoms with Crippen molar-refractivity contribution in [3.63, 3.8) is 0 Å². The number of carboxylic acids is 1. The molecule has 0 aromatic carbocycles. The van der Waals surface area contributed by atoms with Gasteiger partial charge in [-0.15, -0.1) is 0 Å². The van der Waals surface area contributed by atoms with E-state index in [9.17, 15) is 4.79 Å². The summed E-state index contributed by atoms with van der Waals surface area (Å²) in [6.45, 7) is 11.2. The topological polar surface area (TPSA) is 62.5 Å². The monoisotopic (exact) mass is 253 g/mol. The van der Waals surface area contributed by atoms with Gasteiger partial charge in [0.2, 0.25) is 0 Å². The summed E-state index contributed by atoms with van der Waals surface area (Å²) in [7, 11) is 0. The number of furan rings is 1. The van der Waals surface area contributed by atoms with Gasteiger partial charge < -0.3 is 14.8 Å². The Balaban J connectivity index is 2.64. The van der Waals surface area contributed by atoms with Crippen LogP contribution in [0.3, 0.4) is 0 Å². The first-order valence-electron chi connectivity index (χ1n) is 6.15. The Kier molecular flexibility index (Phi) is 4.22. The number of rotatable bonds is 5. The maximum Gasteiger partial charge on any atom is 0.339 e. The summed E-state index contributed by atoms with van der Waals surface area (Å²) in [4.78, 5) is 10.9. The predicted octanol–water partition coefficient (Wildman–Crippen LogP) is 3.28. The molecule has 0 radical (unpaired) electrons. The molecule has 4 nitrogen and oxygen atoms in total. The van der Waals surface area contributed by atoms with Gasteiger partial charge in [-0.3, -0.25) is 0 Å². The lowest BCUT2D eigenvalue weighted by molar-refractivity contribution is 0.0693. The van der Waals surface area contributed by atoms with Gasteiger partial charge in [0.1, 0.15) is 11.3 Å². The molecule has 2 N–H and O–H groups in total. The molecule has 0 aliphatic heterocycles. The Bertz CT molecular complexity index is 413. The average molecular weight is 253 g/mol. The van der Waals surface area contributed by atoms with Crippen molar-refractivity contribution < 1.29 is 14.3 Å². The third-order valence-corrected chi connectivity index (χ3v) is 2.68. The van der Waals surface area contributed by atoms with Crippen LogP contribution >= 0.6 is 0 Å². The van der Waals surface area contributed by atoms with Crippen molar-refractivity contribution in [2.75, 3.05) is 0 Å². The smallest absolute Gasteiger partial charge is 0.339 e. The minimum absolute atomic E-state index is 0.0686. The molecule has 0 aliphatic rings. The average Bonchev–Trinajstić information content (AvgIpc) is 2.58. The zero-order valence-corrected chi connectivity index (χ0v) is 11.8. The summed E-state index contributed by atoms with van der Waals surface area (Å²) in [5.41, 5.74) is 0.380. The van der Waals surface area contributed by atoms with Crippen LogP contribution in [0.5, 0.6) is 0 Å². The lowest BCUT2D eigenvalue weighted by Crippen LogP contribution is -2.42. The van der Waals surface area contributed by atoms with Crippen molar-refractivity contribution in [2.45, 2.75) is 53.1 Å². The summed E-state index contributed by atoms with van der Waals surface area (Å²) in [6, 6.07) is 1.48. The molecule has 0 spiro atoms. The Morgan fingerprint density at radius 1 is 1.33 bits per heavy atom. The fourth-order valence-electron chi connectivity index (χ4n) is 2.38. The van der Waals surface area contributed by atoms with Gasteiger partial charge in [-0.2, -0.15) is 0 Å². The maximum absolute atomic E-state index is 10.9. The molecule has 1 rings (SSSR count). The van der Waals surface area contributed by atoms with E-state index >= 15 is 0 Å². The lowest BCUT2D eigenvalue weighted by atomic mass is 9.82. The van der Waals surface area contributed by atoms with Crippen LogP contribution in [0, 0.1) is 5.41 Å². The Morgan fingerprint density at radius 2 is 1.94 bits per heavy atom. The van der Waals surface area contributed by atoms with E-state index < -0.39 is 5.97 Å². The highest BCUT2D eigenvalue weighted by Crippen LogP contribution is 2.27. The van der Waals surface area contributed by atoms with Crippen LogP contribution in [0.2, 0.25) is 0 Å². The van der Waals surface area contributed by atoms with Crippen LogP contribution in [-0.2, 0) is 6.54 Å². The largest absolute Gasteiger partial charge is 0.478 e. The molecule has 0 bridgehead atoms. The van der Waals surface area contributed by atoms with Crippen molar-refractivity contribution >= 4 is 5.97 Å². The summed E-state index contributed by atoms with van der Waals surface area (Å²) in [6.07, 6.45) is 2.40. The molecule has 0 saturated heterocycles. The van der Waals surface area contributed by atoms with Crippen molar-refractivity contribution in [3.8, 4) is 0 Å². The van der Waals surface area contributed by atoms with Gasteiger partial charge in [-0.1, -0.05) is 20.8 Å². The van der Waals surface area contributed by atoms with Gasteiger partial charge in [0, 0.05) is 5.54 Å². The van der Waals surface area contributed by atoms with E-state index in [0.29, 0.717) is 12.3 Å². The molecule has 4 heteroatoms. The van der Waals surface area contributed by atoms with E-state index in [1.165, 1.54) is 12.3 Å². The van der Waals surface area contributed by atoms with Gasteiger partial charge in [-0.05, 0) is 31.7 Å². The molecule has 0 atom stereocenters. The molecule has 1 aromatic heterocycles. The van der Waals surface area contributed by atoms with Gasteiger partial charge in [0.05, 0.1) is 12.8 Å². The SMILES string of the molecule is CC(C)(C)CC(C)(C)NCc1occc1C(=O)O. The predicted molar refractivity (Wildman–Crippen MR) is 70.7 cm³/mol. The van der Waals surface area contributed by atoms with Crippen LogP contribution in [-0.4, -0.2) is 16.6 Å². The number of hydrogen-bond donors (Lipinski definition) is 2. The van der Waals surface area contributed by atoms with Crippen LogP contribution in [0.15, 0.2) is 16.7 Å². The number of carbonyl (C=O) groups is 1. The highest BCUT2D eigenvalue weighted by Gasteiger charge is 2.25. The van der Waals surface area contributed by atoms with Crippen molar-refractivity contribution in [2.24, 2.45) is 5.41 Å².